The van der Waals surface area contributed by atoms with E-state index < -0.39 is 20.0 Å². The molecular weight excluding hydrogens is 155 g/mol. The van der Waals surface area contributed by atoms with Crippen LogP contribution in [0, 0.1) is 0 Å². The third-order valence-corrected chi connectivity index (χ3v) is 1.47. The zero-order valence-electron chi connectivity index (χ0n) is 5.83. The summed E-state index contributed by atoms with van der Waals surface area (Å²) in [5, 5.41) is 0. The number of hydrogen-bond acceptors (Lipinski definition) is 0. The fourth-order valence-electron chi connectivity index (χ4n) is 0.918. The molecule has 62 valence electrons. The highest BCUT2D eigenvalue weighted by molar-refractivity contribution is 5.24. The monoisotopic (exact) mass is 163 g/mol. The molecule has 0 fully saturated rings. The molecule has 4 heteroatoms. The van der Waals surface area contributed by atoms with Gasteiger partial charge in [0, 0.05) is 11.3 Å². The van der Waals surface area contributed by atoms with Gasteiger partial charge in [0.05, 0.1) is 5.69 Å². The van der Waals surface area contributed by atoms with Crippen LogP contribution in [-0.4, -0.2) is 4.98 Å². The number of alkyl halides is 3. The van der Waals surface area contributed by atoms with Gasteiger partial charge in [-0.3, -0.25) is 0 Å². The van der Waals surface area contributed by atoms with E-state index in [0.717, 1.165) is 0 Å². The Labute approximate surface area is 62.2 Å². The third kappa shape index (κ3) is 1.56. The van der Waals surface area contributed by atoms with Gasteiger partial charge in [-0.2, -0.15) is 0 Å². The van der Waals surface area contributed by atoms with Gasteiger partial charge in [0.2, 0.25) is 0 Å². The normalized spacial score (nSPS) is 10.5. The molecule has 0 saturated carbocycles. The lowest BCUT2D eigenvalue weighted by Crippen LogP contribution is -1.84. The van der Waals surface area contributed by atoms with Crippen molar-refractivity contribution in [2.24, 2.45) is 0 Å². The molecule has 1 rings (SSSR count). The molecule has 1 N–H and O–H groups in total. The Hall–Kier alpha value is -0.930. The van der Waals surface area contributed by atoms with Gasteiger partial charge >= 0.3 is 0 Å². The highest BCUT2D eigenvalue weighted by atomic mass is 19.1. The molecule has 1 aromatic heterocycles. The molecule has 0 aliphatic carbocycles. The summed E-state index contributed by atoms with van der Waals surface area (Å²) in [7, 11) is 0. The summed E-state index contributed by atoms with van der Waals surface area (Å²) in [6.45, 7) is -2.25. The fraction of sp³-hybridized carbons (Fsp3) is 0.429. The van der Waals surface area contributed by atoms with E-state index in [1.807, 2.05) is 0 Å². The van der Waals surface area contributed by atoms with E-state index in [9.17, 15) is 13.2 Å². The Morgan fingerprint density at radius 1 is 1.09 bits per heavy atom. The van der Waals surface area contributed by atoms with Crippen molar-refractivity contribution in [3.8, 4) is 0 Å². The summed E-state index contributed by atoms with van der Waals surface area (Å²) in [6, 6.07) is 1.30. The first kappa shape index (κ1) is 8.17. The lowest BCUT2D eigenvalue weighted by molar-refractivity contribution is 0.448. The predicted molar refractivity (Wildman–Crippen MR) is 35.2 cm³/mol. The zero-order chi connectivity index (χ0) is 8.27. The van der Waals surface area contributed by atoms with Crippen LogP contribution in [0.2, 0.25) is 0 Å². The van der Waals surface area contributed by atoms with Crippen molar-refractivity contribution in [3.05, 3.63) is 23.0 Å². The Balaban J connectivity index is 2.92. The SMILES string of the molecule is FCc1cc(CF)c(CF)[nH]1. The second-order valence-electron chi connectivity index (χ2n) is 2.20. The Kier molecular flexibility index (Phi) is 2.57. The molecule has 0 aliphatic heterocycles. The van der Waals surface area contributed by atoms with Crippen LogP contribution in [0.25, 0.3) is 0 Å². The van der Waals surface area contributed by atoms with E-state index in [1.165, 1.54) is 6.07 Å². The molecule has 0 amide bonds. The summed E-state index contributed by atoms with van der Waals surface area (Å²) in [4.78, 5) is 2.44. The van der Waals surface area contributed by atoms with Crippen LogP contribution in [0.1, 0.15) is 17.0 Å². The standard InChI is InChI=1S/C7H8F3N/c8-2-5-1-6(3-9)11-7(5)4-10/h1,11H,2-4H2. The maximum Gasteiger partial charge on any atom is 0.130 e. The van der Waals surface area contributed by atoms with E-state index in [0.29, 0.717) is 0 Å². The van der Waals surface area contributed by atoms with Gasteiger partial charge in [-0.15, -0.1) is 0 Å². The van der Waals surface area contributed by atoms with Gasteiger partial charge in [0.1, 0.15) is 20.0 Å². The van der Waals surface area contributed by atoms with Crippen molar-refractivity contribution >= 4 is 0 Å². The Bertz CT molecular complexity index is 210. The van der Waals surface area contributed by atoms with Gasteiger partial charge in [0.25, 0.3) is 0 Å². The summed E-state index contributed by atoms with van der Waals surface area (Å²) in [6.07, 6.45) is 0. The topological polar surface area (TPSA) is 15.8 Å². The zero-order valence-corrected chi connectivity index (χ0v) is 5.83. The molecule has 0 aromatic carbocycles. The maximum atomic E-state index is 12.0. The summed E-state index contributed by atoms with van der Waals surface area (Å²) < 4.78 is 35.9. The van der Waals surface area contributed by atoms with E-state index >= 15 is 0 Å². The number of halogens is 3. The molecule has 0 spiro atoms. The maximum absolute atomic E-state index is 12.0. The first-order valence-corrected chi connectivity index (χ1v) is 3.19. The second kappa shape index (κ2) is 3.46. The van der Waals surface area contributed by atoms with Gasteiger partial charge in [-0.05, 0) is 6.07 Å². The number of hydrogen-bond donors (Lipinski definition) is 1. The first-order chi connectivity index (χ1) is 5.31. The molecule has 0 bridgehead atoms. The van der Waals surface area contributed by atoms with Crippen molar-refractivity contribution in [3.63, 3.8) is 0 Å². The average Bonchev–Trinajstić information content (AvgIpc) is 2.46. The molecule has 0 radical (unpaired) electrons. The van der Waals surface area contributed by atoms with E-state index in [-0.39, 0.29) is 17.0 Å². The van der Waals surface area contributed by atoms with Crippen LogP contribution in [0.15, 0.2) is 6.07 Å². The van der Waals surface area contributed by atoms with Crippen LogP contribution in [0.4, 0.5) is 13.2 Å². The number of aromatic amines is 1. The van der Waals surface area contributed by atoms with Gasteiger partial charge < -0.3 is 4.98 Å². The minimum atomic E-state index is -0.779. The summed E-state index contributed by atoms with van der Waals surface area (Å²) in [5.41, 5.74) is 0.575. The molecule has 0 unspecified atom stereocenters. The number of H-pyrrole nitrogens is 1. The number of nitrogens with one attached hydrogen (secondary N) is 1. The smallest absolute Gasteiger partial charge is 0.130 e. The van der Waals surface area contributed by atoms with Crippen molar-refractivity contribution in [2.75, 3.05) is 0 Å². The van der Waals surface area contributed by atoms with Gasteiger partial charge in [-0.25, -0.2) is 13.2 Å². The van der Waals surface area contributed by atoms with Crippen LogP contribution in [-0.2, 0) is 20.0 Å². The lowest BCUT2D eigenvalue weighted by Gasteiger charge is -1.90. The quantitative estimate of drug-likeness (QED) is 0.704. The molecule has 1 nitrogen and oxygen atoms in total. The highest BCUT2D eigenvalue weighted by Gasteiger charge is 2.06. The number of rotatable bonds is 3. The molecule has 0 saturated heterocycles. The van der Waals surface area contributed by atoms with Crippen LogP contribution < -0.4 is 0 Å². The molecule has 1 aromatic rings. The van der Waals surface area contributed by atoms with Crippen LogP contribution >= 0.6 is 0 Å². The van der Waals surface area contributed by atoms with E-state index in [2.05, 4.69) is 4.98 Å². The lowest BCUT2D eigenvalue weighted by atomic mass is 10.3. The van der Waals surface area contributed by atoms with Crippen molar-refractivity contribution in [1.29, 1.82) is 0 Å². The predicted octanol–water partition coefficient (Wildman–Crippen LogP) is 2.42. The fourth-order valence-corrected chi connectivity index (χ4v) is 0.918. The summed E-state index contributed by atoms with van der Waals surface area (Å²) >= 11 is 0. The molecule has 11 heavy (non-hydrogen) atoms. The summed E-state index contributed by atoms with van der Waals surface area (Å²) in [5.74, 6) is 0. The van der Waals surface area contributed by atoms with Crippen molar-refractivity contribution < 1.29 is 13.2 Å². The first-order valence-electron chi connectivity index (χ1n) is 3.19. The molecule has 1 heterocycles. The van der Waals surface area contributed by atoms with Crippen LogP contribution in [0.3, 0.4) is 0 Å². The van der Waals surface area contributed by atoms with E-state index in [4.69, 9.17) is 0 Å². The molecular formula is C7H8F3N. The largest absolute Gasteiger partial charge is 0.358 e. The van der Waals surface area contributed by atoms with Crippen molar-refractivity contribution in [1.82, 2.24) is 4.98 Å². The minimum Gasteiger partial charge on any atom is -0.358 e. The average molecular weight is 163 g/mol. The van der Waals surface area contributed by atoms with Crippen LogP contribution in [0.5, 0.6) is 0 Å². The minimum absolute atomic E-state index is 0.139. The second-order valence-corrected chi connectivity index (χ2v) is 2.20. The van der Waals surface area contributed by atoms with Gasteiger partial charge in [-0.1, -0.05) is 0 Å². The Morgan fingerprint density at radius 3 is 2.18 bits per heavy atom. The molecule has 0 aliphatic rings. The highest BCUT2D eigenvalue weighted by Crippen LogP contribution is 2.14. The van der Waals surface area contributed by atoms with E-state index in [1.54, 1.807) is 0 Å². The third-order valence-electron chi connectivity index (χ3n) is 1.47. The number of aromatic nitrogens is 1. The molecule has 0 atom stereocenters. The van der Waals surface area contributed by atoms with Crippen molar-refractivity contribution in [2.45, 2.75) is 20.0 Å². The Morgan fingerprint density at radius 2 is 1.82 bits per heavy atom. The van der Waals surface area contributed by atoms with Gasteiger partial charge in [0.15, 0.2) is 0 Å².